The summed E-state index contributed by atoms with van der Waals surface area (Å²) in [6.07, 6.45) is 8.05. The molecule has 1 atom stereocenters. The Bertz CT molecular complexity index is 400. The molecule has 2 heteroatoms. The van der Waals surface area contributed by atoms with Gasteiger partial charge in [-0.25, -0.2) is 0 Å². The summed E-state index contributed by atoms with van der Waals surface area (Å²) in [5.41, 5.74) is 3.00. The fourth-order valence-electron chi connectivity index (χ4n) is 3.10. The lowest BCUT2D eigenvalue weighted by Crippen LogP contribution is -2.43. The van der Waals surface area contributed by atoms with Crippen molar-refractivity contribution in [2.24, 2.45) is 5.92 Å². The quantitative estimate of drug-likeness (QED) is 0.674. The van der Waals surface area contributed by atoms with Crippen molar-refractivity contribution >= 4 is 0 Å². The van der Waals surface area contributed by atoms with Gasteiger partial charge in [-0.3, -0.25) is 0 Å². The van der Waals surface area contributed by atoms with Crippen LogP contribution in [0.3, 0.4) is 0 Å². The third-order valence-electron chi connectivity index (χ3n) is 4.44. The highest BCUT2D eigenvalue weighted by Gasteiger charge is 2.16. The van der Waals surface area contributed by atoms with E-state index in [9.17, 15) is 0 Å². The minimum absolute atomic E-state index is 0.598. The molecule has 0 saturated carbocycles. The fraction of sp³-hybridized carbons (Fsp3) is 0.684. The number of hydrogen-bond donors (Lipinski definition) is 2. The van der Waals surface area contributed by atoms with E-state index in [2.05, 4.69) is 48.7 Å². The SMILES string of the molecule is CC(C)CCCCCCNCC1Cc2ccccc2CN1. The summed E-state index contributed by atoms with van der Waals surface area (Å²) in [5.74, 6) is 0.864. The van der Waals surface area contributed by atoms with E-state index in [1.165, 1.54) is 49.8 Å². The average molecular weight is 288 g/mol. The monoisotopic (exact) mass is 288 g/mol. The first-order valence-electron chi connectivity index (χ1n) is 8.76. The molecule has 1 unspecified atom stereocenters. The Balaban J connectivity index is 1.50. The normalized spacial score (nSPS) is 18.0. The fourth-order valence-corrected chi connectivity index (χ4v) is 3.10. The molecular formula is C19H32N2. The lowest BCUT2D eigenvalue weighted by Gasteiger charge is -2.26. The van der Waals surface area contributed by atoms with Crippen molar-refractivity contribution in [3.05, 3.63) is 35.4 Å². The zero-order valence-corrected chi connectivity index (χ0v) is 13.8. The lowest BCUT2D eigenvalue weighted by atomic mass is 9.96. The number of fused-ring (bicyclic) bond motifs is 1. The standard InChI is InChI=1S/C19H32N2/c1-16(2)9-5-3-4-8-12-20-15-19-13-17-10-6-7-11-18(17)14-21-19/h6-7,10-11,16,19-21H,3-5,8-9,12-15H2,1-2H3. The van der Waals surface area contributed by atoms with Gasteiger partial charge in [0.2, 0.25) is 0 Å². The van der Waals surface area contributed by atoms with Crippen LogP contribution in [-0.2, 0) is 13.0 Å². The van der Waals surface area contributed by atoms with Gasteiger partial charge >= 0.3 is 0 Å². The second-order valence-electron chi connectivity index (χ2n) is 6.85. The van der Waals surface area contributed by atoms with Gasteiger partial charge in [0.25, 0.3) is 0 Å². The molecule has 1 aliphatic heterocycles. The van der Waals surface area contributed by atoms with E-state index in [1.54, 1.807) is 0 Å². The molecule has 1 heterocycles. The summed E-state index contributed by atoms with van der Waals surface area (Å²) >= 11 is 0. The van der Waals surface area contributed by atoms with Gasteiger partial charge in [0.05, 0.1) is 0 Å². The first-order chi connectivity index (χ1) is 10.3. The summed E-state index contributed by atoms with van der Waals surface area (Å²) in [5, 5.41) is 7.26. The van der Waals surface area contributed by atoms with Crippen LogP contribution in [0.4, 0.5) is 0 Å². The maximum atomic E-state index is 3.64. The molecule has 0 bridgehead atoms. The molecule has 0 saturated heterocycles. The van der Waals surface area contributed by atoms with E-state index in [-0.39, 0.29) is 0 Å². The molecule has 1 aromatic carbocycles. The minimum atomic E-state index is 0.598. The molecule has 0 amide bonds. The van der Waals surface area contributed by atoms with Crippen LogP contribution in [0, 0.1) is 5.92 Å². The smallest absolute Gasteiger partial charge is 0.0236 e. The molecule has 2 rings (SSSR count). The van der Waals surface area contributed by atoms with Crippen molar-refractivity contribution in [2.45, 2.75) is 65.0 Å². The van der Waals surface area contributed by atoms with Crippen LogP contribution in [0.2, 0.25) is 0 Å². The molecule has 118 valence electrons. The summed E-state index contributed by atoms with van der Waals surface area (Å²) in [7, 11) is 0. The predicted molar refractivity (Wildman–Crippen MR) is 91.6 cm³/mol. The van der Waals surface area contributed by atoms with Gasteiger partial charge in [-0.2, -0.15) is 0 Å². The molecule has 21 heavy (non-hydrogen) atoms. The molecule has 1 aromatic rings. The Labute approximate surface area is 130 Å². The summed E-state index contributed by atoms with van der Waals surface area (Å²) in [6, 6.07) is 9.41. The third kappa shape index (κ3) is 6.19. The van der Waals surface area contributed by atoms with Gasteiger partial charge in [-0.1, -0.05) is 63.8 Å². The Kier molecular flexibility index (Phi) is 7.25. The van der Waals surface area contributed by atoms with Gasteiger partial charge in [0, 0.05) is 19.1 Å². The van der Waals surface area contributed by atoms with Crippen LogP contribution in [0.1, 0.15) is 57.1 Å². The highest BCUT2D eigenvalue weighted by Crippen LogP contribution is 2.15. The van der Waals surface area contributed by atoms with Gasteiger partial charge in [-0.05, 0) is 36.4 Å². The van der Waals surface area contributed by atoms with Crippen LogP contribution in [-0.4, -0.2) is 19.1 Å². The maximum Gasteiger partial charge on any atom is 0.0236 e. The topological polar surface area (TPSA) is 24.1 Å². The van der Waals surface area contributed by atoms with Gasteiger partial charge in [-0.15, -0.1) is 0 Å². The Morgan fingerprint density at radius 1 is 1.10 bits per heavy atom. The van der Waals surface area contributed by atoms with Crippen LogP contribution in [0.25, 0.3) is 0 Å². The molecule has 0 aliphatic carbocycles. The molecule has 2 N–H and O–H groups in total. The molecule has 2 nitrogen and oxygen atoms in total. The lowest BCUT2D eigenvalue weighted by molar-refractivity contribution is 0.441. The van der Waals surface area contributed by atoms with Crippen LogP contribution < -0.4 is 10.6 Å². The zero-order chi connectivity index (χ0) is 14.9. The van der Waals surface area contributed by atoms with Crippen LogP contribution >= 0.6 is 0 Å². The number of hydrogen-bond acceptors (Lipinski definition) is 2. The highest BCUT2D eigenvalue weighted by molar-refractivity contribution is 5.29. The molecule has 0 aromatic heterocycles. The molecule has 0 fully saturated rings. The molecule has 0 spiro atoms. The van der Waals surface area contributed by atoms with Crippen molar-refractivity contribution in [1.29, 1.82) is 0 Å². The third-order valence-corrected chi connectivity index (χ3v) is 4.44. The summed E-state index contributed by atoms with van der Waals surface area (Å²) in [6.45, 7) is 7.92. The average Bonchev–Trinajstić information content (AvgIpc) is 2.49. The summed E-state index contributed by atoms with van der Waals surface area (Å²) in [4.78, 5) is 0. The highest BCUT2D eigenvalue weighted by atomic mass is 15.0. The first kappa shape index (κ1) is 16.5. The maximum absolute atomic E-state index is 3.64. The van der Waals surface area contributed by atoms with E-state index in [0.717, 1.165) is 25.4 Å². The number of rotatable bonds is 9. The van der Waals surface area contributed by atoms with Crippen molar-refractivity contribution in [3.8, 4) is 0 Å². The zero-order valence-electron chi connectivity index (χ0n) is 13.8. The Morgan fingerprint density at radius 2 is 1.86 bits per heavy atom. The van der Waals surface area contributed by atoms with E-state index >= 15 is 0 Å². The number of nitrogens with one attached hydrogen (secondary N) is 2. The van der Waals surface area contributed by atoms with E-state index in [1.807, 2.05) is 0 Å². The van der Waals surface area contributed by atoms with Gasteiger partial charge in [0.15, 0.2) is 0 Å². The summed E-state index contributed by atoms with van der Waals surface area (Å²) < 4.78 is 0. The number of benzene rings is 1. The van der Waals surface area contributed by atoms with Crippen LogP contribution in [0.15, 0.2) is 24.3 Å². The Hall–Kier alpha value is -0.860. The second kappa shape index (κ2) is 9.22. The van der Waals surface area contributed by atoms with Gasteiger partial charge in [0.1, 0.15) is 0 Å². The van der Waals surface area contributed by atoms with E-state index in [0.29, 0.717) is 6.04 Å². The predicted octanol–water partition coefficient (Wildman–Crippen LogP) is 3.90. The van der Waals surface area contributed by atoms with Crippen molar-refractivity contribution in [3.63, 3.8) is 0 Å². The molecular weight excluding hydrogens is 256 g/mol. The largest absolute Gasteiger partial charge is 0.315 e. The molecule has 1 aliphatic rings. The van der Waals surface area contributed by atoms with Crippen molar-refractivity contribution < 1.29 is 0 Å². The Morgan fingerprint density at radius 3 is 2.67 bits per heavy atom. The van der Waals surface area contributed by atoms with Crippen LogP contribution in [0.5, 0.6) is 0 Å². The van der Waals surface area contributed by atoms with E-state index < -0.39 is 0 Å². The minimum Gasteiger partial charge on any atom is -0.315 e. The first-order valence-corrected chi connectivity index (χ1v) is 8.76. The second-order valence-corrected chi connectivity index (χ2v) is 6.85. The van der Waals surface area contributed by atoms with Crippen molar-refractivity contribution in [2.75, 3.05) is 13.1 Å². The number of unbranched alkanes of at least 4 members (excludes halogenated alkanes) is 3. The van der Waals surface area contributed by atoms with Crippen molar-refractivity contribution in [1.82, 2.24) is 10.6 Å². The van der Waals surface area contributed by atoms with Gasteiger partial charge < -0.3 is 10.6 Å². The van der Waals surface area contributed by atoms with E-state index in [4.69, 9.17) is 0 Å². The molecule has 0 radical (unpaired) electrons.